The van der Waals surface area contributed by atoms with Gasteiger partial charge in [0.25, 0.3) is 5.91 Å². The number of halogens is 3. The van der Waals surface area contributed by atoms with Crippen LogP contribution in [-0.2, 0) is 23.1 Å². The molecule has 0 spiro atoms. The molecule has 2 N–H and O–H groups in total. The van der Waals surface area contributed by atoms with E-state index in [9.17, 15) is 18.1 Å². The van der Waals surface area contributed by atoms with E-state index in [2.05, 4.69) is 10.0 Å². The Kier molecular flexibility index (Phi) is 5.27. The molecule has 3 rings (SSSR count). The van der Waals surface area contributed by atoms with Gasteiger partial charge in [0.05, 0.1) is 36.5 Å². The van der Waals surface area contributed by atoms with Crippen molar-refractivity contribution in [2.24, 2.45) is 7.05 Å². The number of anilines is 1. The van der Waals surface area contributed by atoms with Gasteiger partial charge in [-0.2, -0.15) is 0 Å². The van der Waals surface area contributed by atoms with E-state index in [4.69, 9.17) is 16.3 Å². The number of amides is 1. The molecule has 2 aromatic rings. The predicted octanol–water partition coefficient (Wildman–Crippen LogP) is 2.61. The Morgan fingerprint density at radius 1 is 1.42 bits per heavy atom. The molecule has 1 atom stereocenters. The molecule has 140 valence electrons. The first-order valence-electron chi connectivity index (χ1n) is 7.59. The van der Waals surface area contributed by atoms with Crippen LogP contribution in [0.5, 0.6) is 0 Å². The van der Waals surface area contributed by atoms with Gasteiger partial charge < -0.3 is 19.2 Å². The van der Waals surface area contributed by atoms with Crippen LogP contribution in [0.3, 0.4) is 0 Å². The van der Waals surface area contributed by atoms with Crippen molar-refractivity contribution in [2.75, 3.05) is 18.5 Å². The number of ether oxygens (including phenoxy) is 1. The van der Waals surface area contributed by atoms with E-state index in [0.29, 0.717) is 18.1 Å². The lowest BCUT2D eigenvalue weighted by Crippen LogP contribution is -2.59. The molecule has 1 aliphatic heterocycles. The van der Waals surface area contributed by atoms with Gasteiger partial charge in [-0.25, -0.2) is 8.78 Å². The number of aromatic nitrogens is 1. The molecule has 0 saturated carbocycles. The largest absolute Gasteiger partial charge is 0.593 e. The van der Waals surface area contributed by atoms with Crippen molar-refractivity contribution in [3.05, 3.63) is 46.7 Å². The van der Waals surface area contributed by atoms with Crippen molar-refractivity contribution in [1.82, 2.24) is 9.29 Å². The van der Waals surface area contributed by atoms with Crippen LogP contribution in [0.15, 0.2) is 29.3 Å². The smallest absolute Gasteiger partial charge is 0.272 e. The van der Waals surface area contributed by atoms with E-state index < -0.39 is 33.9 Å². The van der Waals surface area contributed by atoms with Crippen LogP contribution >= 0.6 is 11.6 Å². The number of nitrogens with zero attached hydrogens (tertiary/aromatic N) is 1. The highest BCUT2D eigenvalue weighted by atomic mass is 35.5. The van der Waals surface area contributed by atoms with E-state index in [-0.39, 0.29) is 16.9 Å². The van der Waals surface area contributed by atoms with Crippen molar-refractivity contribution < 1.29 is 22.9 Å². The lowest BCUT2D eigenvalue weighted by atomic mass is 10.0. The van der Waals surface area contributed by atoms with Gasteiger partial charge in [-0.15, -0.1) is 4.72 Å². The highest BCUT2D eigenvalue weighted by molar-refractivity contribution is 7.89. The van der Waals surface area contributed by atoms with Crippen molar-refractivity contribution in [1.29, 1.82) is 0 Å². The Balaban J connectivity index is 1.76. The minimum Gasteiger partial charge on any atom is -0.593 e. The maximum absolute atomic E-state index is 13.9. The summed E-state index contributed by atoms with van der Waals surface area (Å²) in [6, 6.07) is 3.47. The average Bonchev–Trinajstić information content (AvgIpc) is 2.96. The topological polar surface area (TPSA) is 78.3 Å². The molecule has 1 fully saturated rings. The number of carbonyl (C=O) groups is 1. The first-order valence-corrected chi connectivity index (χ1v) is 9.11. The molecule has 1 saturated heterocycles. The van der Waals surface area contributed by atoms with Crippen LogP contribution in [0.25, 0.3) is 0 Å². The normalized spacial score (nSPS) is 16.8. The van der Waals surface area contributed by atoms with Crippen LogP contribution in [0, 0.1) is 11.6 Å². The highest BCUT2D eigenvalue weighted by Gasteiger charge is 2.38. The molecule has 1 aromatic heterocycles. The number of carbonyl (C=O) groups excluding carboxylic acids is 1. The molecule has 2 heterocycles. The molecular formula is C16H16ClF2N3O3S. The first kappa shape index (κ1) is 19.1. The second-order valence-electron chi connectivity index (χ2n) is 6.27. The summed E-state index contributed by atoms with van der Waals surface area (Å²) in [6.45, 7) is 2.78. The second-order valence-corrected chi connectivity index (χ2v) is 7.86. The number of nitrogens with one attached hydrogen (secondary N) is 2. The fraction of sp³-hybridized carbons (Fsp3) is 0.312. The number of hydrogen-bond acceptors (Lipinski definition) is 4. The van der Waals surface area contributed by atoms with Crippen LogP contribution < -0.4 is 10.0 Å². The van der Waals surface area contributed by atoms with E-state index in [1.807, 2.05) is 6.92 Å². The molecule has 1 amide bonds. The zero-order chi connectivity index (χ0) is 19.1. The molecule has 1 unspecified atom stereocenters. The zero-order valence-electron chi connectivity index (χ0n) is 13.9. The highest BCUT2D eigenvalue weighted by Crippen LogP contribution is 2.26. The quantitative estimate of drug-likeness (QED) is 0.594. The summed E-state index contributed by atoms with van der Waals surface area (Å²) in [5, 5.41) is 1.64. The van der Waals surface area contributed by atoms with E-state index in [1.165, 1.54) is 16.8 Å². The van der Waals surface area contributed by atoms with Crippen LogP contribution in [0.2, 0.25) is 5.02 Å². The SMILES string of the molecule is Cn1cc([S+]([O-])NC2(C)COC2)cc1C(=O)Nc1ccc(F)c(Cl)c1F. The van der Waals surface area contributed by atoms with Gasteiger partial charge in [0.2, 0.25) is 0 Å². The molecule has 0 radical (unpaired) electrons. The Morgan fingerprint density at radius 3 is 2.73 bits per heavy atom. The standard InChI is InChI=1S/C16H16ClF2N3O3S/c1-16(7-25-8-16)21-26(24)9-5-12(22(2)6-9)15(23)20-11-4-3-10(18)13(17)14(11)19/h3-6,21H,7-8H2,1-2H3,(H,20,23). The summed E-state index contributed by atoms with van der Waals surface area (Å²) in [5.74, 6) is -2.62. The van der Waals surface area contributed by atoms with Crippen molar-refractivity contribution in [3.8, 4) is 0 Å². The molecule has 0 aliphatic carbocycles. The number of benzene rings is 1. The third kappa shape index (κ3) is 3.72. The maximum Gasteiger partial charge on any atom is 0.272 e. The monoisotopic (exact) mass is 403 g/mol. The molecule has 0 bridgehead atoms. The van der Waals surface area contributed by atoms with Crippen LogP contribution in [0.1, 0.15) is 17.4 Å². The molecule has 1 aromatic carbocycles. The third-order valence-corrected chi connectivity index (χ3v) is 5.57. The summed E-state index contributed by atoms with van der Waals surface area (Å²) in [4.78, 5) is 12.8. The number of hydrogen-bond donors (Lipinski definition) is 2. The minimum atomic E-state index is -1.54. The average molecular weight is 404 g/mol. The van der Waals surface area contributed by atoms with Gasteiger partial charge in [0.1, 0.15) is 22.1 Å². The van der Waals surface area contributed by atoms with E-state index >= 15 is 0 Å². The summed E-state index contributed by atoms with van der Waals surface area (Å²) < 4.78 is 49.1. The van der Waals surface area contributed by atoms with Gasteiger partial charge in [-0.3, -0.25) is 4.79 Å². The fourth-order valence-electron chi connectivity index (χ4n) is 2.42. The summed E-state index contributed by atoms with van der Waals surface area (Å²) in [7, 11) is 1.60. The summed E-state index contributed by atoms with van der Waals surface area (Å²) in [6.07, 6.45) is 1.54. The van der Waals surface area contributed by atoms with Crippen LogP contribution in [-0.4, -0.2) is 33.8 Å². The lowest BCUT2D eigenvalue weighted by molar-refractivity contribution is -0.0523. The maximum atomic E-state index is 13.9. The fourth-order valence-corrected chi connectivity index (χ4v) is 3.74. The van der Waals surface area contributed by atoms with E-state index in [1.54, 1.807) is 7.05 Å². The molecule has 1 aliphatic rings. The number of rotatable bonds is 5. The Bertz CT molecular complexity index is 858. The van der Waals surface area contributed by atoms with Crippen molar-refractivity contribution in [3.63, 3.8) is 0 Å². The Morgan fingerprint density at radius 2 is 2.12 bits per heavy atom. The molecule has 6 nitrogen and oxygen atoms in total. The predicted molar refractivity (Wildman–Crippen MR) is 93.5 cm³/mol. The lowest BCUT2D eigenvalue weighted by Gasteiger charge is -2.37. The second kappa shape index (κ2) is 7.16. The van der Waals surface area contributed by atoms with Gasteiger partial charge in [0, 0.05) is 13.1 Å². The Labute approximate surface area is 156 Å². The van der Waals surface area contributed by atoms with Crippen molar-refractivity contribution in [2.45, 2.75) is 17.4 Å². The molecule has 10 heteroatoms. The zero-order valence-corrected chi connectivity index (χ0v) is 15.5. The molecule has 26 heavy (non-hydrogen) atoms. The van der Waals surface area contributed by atoms with Gasteiger partial charge >= 0.3 is 0 Å². The number of aryl methyl sites for hydroxylation is 1. The van der Waals surface area contributed by atoms with Gasteiger partial charge in [-0.05, 0) is 19.1 Å². The first-order chi connectivity index (χ1) is 12.2. The summed E-state index contributed by atoms with van der Waals surface area (Å²) >= 11 is 3.96. The minimum absolute atomic E-state index is 0.157. The van der Waals surface area contributed by atoms with Gasteiger partial charge in [0.15, 0.2) is 10.7 Å². The van der Waals surface area contributed by atoms with Crippen molar-refractivity contribution >= 4 is 34.6 Å². The molecular weight excluding hydrogens is 388 g/mol. The third-order valence-electron chi connectivity index (χ3n) is 3.89. The summed E-state index contributed by atoms with van der Waals surface area (Å²) in [5.41, 5.74) is -0.468. The Hall–Kier alpha value is -1.65. The van der Waals surface area contributed by atoms with Gasteiger partial charge in [-0.1, -0.05) is 11.6 Å². The van der Waals surface area contributed by atoms with E-state index in [0.717, 1.165) is 12.1 Å². The van der Waals surface area contributed by atoms with Crippen LogP contribution in [0.4, 0.5) is 14.5 Å².